The van der Waals surface area contributed by atoms with E-state index in [9.17, 15) is 4.39 Å². The van der Waals surface area contributed by atoms with E-state index in [1.54, 1.807) is 6.07 Å². The summed E-state index contributed by atoms with van der Waals surface area (Å²) >= 11 is 0. The van der Waals surface area contributed by atoms with Crippen LogP contribution < -0.4 is 10.1 Å². The highest BCUT2D eigenvalue weighted by Gasteiger charge is 2.10. The summed E-state index contributed by atoms with van der Waals surface area (Å²) in [6.07, 6.45) is 0. The number of rotatable bonds is 8. The van der Waals surface area contributed by atoms with E-state index in [4.69, 9.17) is 9.47 Å². The third kappa shape index (κ3) is 8.02. The highest BCUT2D eigenvalue weighted by atomic mass is 19.1. The minimum absolute atomic E-state index is 0.173. The number of ether oxygens (including phenoxy) is 2. The minimum Gasteiger partial charge on any atom is -0.491 e. The monoisotopic (exact) mass is 297 g/mol. The molecule has 0 aromatic heterocycles. The summed E-state index contributed by atoms with van der Waals surface area (Å²) < 4.78 is 24.7. The smallest absolute Gasteiger partial charge is 0.124 e. The predicted octanol–water partition coefficient (Wildman–Crippen LogP) is 3.77. The second-order valence-corrected chi connectivity index (χ2v) is 6.59. The molecule has 4 heteroatoms. The summed E-state index contributed by atoms with van der Waals surface area (Å²) in [7, 11) is 0. The van der Waals surface area contributed by atoms with Gasteiger partial charge in [-0.05, 0) is 51.4 Å². The Balaban J connectivity index is 2.52. The second-order valence-electron chi connectivity index (χ2n) is 6.59. The zero-order chi connectivity index (χ0) is 15.9. The molecule has 0 fully saturated rings. The van der Waals surface area contributed by atoms with Crippen molar-refractivity contribution >= 4 is 0 Å². The molecule has 1 aromatic carbocycles. The maximum absolute atomic E-state index is 13.4. The molecule has 1 aromatic rings. The maximum Gasteiger partial charge on any atom is 0.124 e. The normalized spacial score (nSPS) is 12.0. The van der Waals surface area contributed by atoms with Crippen LogP contribution in [0.15, 0.2) is 18.2 Å². The first-order valence-electron chi connectivity index (χ1n) is 7.54. The summed E-state index contributed by atoms with van der Waals surface area (Å²) in [6.45, 7) is 12.8. The molecular weight excluding hydrogens is 269 g/mol. The van der Waals surface area contributed by atoms with Crippen molar-refractivity contribution in [1.82, 2.24) is 5.32 Å². The lowest BCUT2D eigenvalue weighted by Gasteiger charge is -2.20. The van der Waals surface area contributed by atoms with Crippen molar-refractivity contribution in [2.75, 3.05) is 19.8 Å². The van der Waals surface area contributed by atoms with Gasteiger partial charge in [-0.15, -0.1) is 0 Å². The van der Waals surface area contributed by atoms with Gasteiger partial charge in [0.05, 0.1) is 12.2 Å². The van der Waals surface area contributed by atoms with Gasteiger partial charge in [0.25, 0.3) is 0 Å². The zero-order valence-electron chi connectivity index (χ0n) is 13.8. The van der Waals surface area contributed by atoms with Crippen LogP contribution in [0.1, 0.15) is 40.2 Å². The van der Waals surface area contributed by atoms with E-state index in [1.807, 2.05) is 20.8 Å². The Labute approximate surface area is 127 Å². The van der Waals surface area contributed by atoms with E-state index in [2.05, 4.69) is 19.2 Å². The van der Waals surface area contributed by atoms with Crippen LogP contribution in [0.4, 0.5) is 4.39 Å². The average Bonchev–Trinajstić information content (AvgIpc) is 2.35. The van der Waals surface area contributed by atoms with Gasteiger partial charge in [-0.1, -0.05) is 13.8 Å². The number of hydrogen-bond acceptors (Lipinski definition) is 3. The average molecular weight is 297 g/mol. The molecule has 0 radical (unpaired) electrons. The summed E-state index contributed by atoms with van der Waals surface area (Å²) in [5.74, 6) is 1.03. The molecule has 120 valence electrons. The van der Waals surface area contributed by atoms with Crippen molar-refractivity contribution in [3.05, 3.63) is 29.6 Å². The molecule has 0 aliphatic rings. The molecule has 0 amide bonds. The third-order valence-electron chi connectivity index (χ3n) is 2.77. The molecule has 3 nitrogen and oxygen atoms in total. The van der Waals surface area contributed by atoms with Crippen LogP contribution in [-0.2, 0) is 11.3 Å². The molecule has 0 bridgehead atoms. The van der Waals surface area contributed by atoms with Crippen molar-refractivity contribution < 1.29 is 13.9 Å². The second kappa shape index (κ2) is 8.35. The Morgan fingerprint density at radius 1 is 1.19 bits per heavy atom. The van der Waals surface area contributed by atoms with E-state index in [0.29, 0.717) is 31.4 Å². The first-order valence-corrected chi connectivity index (χ1v) is 7.54. The molecule has 0 heterocycles. The van der Waals surface area contributed by atoms with E-state index in [-0.39, 0.29) is 11.4 Å². The topological polar surface area (TPSA) is 30.5 Å². The van der Waals surface area contributed by atoms with Crippen LogP contribution in [-0.4, -0.2) is 25.4 Å². The lowest BCUT2D eigenvalue weighted by molar-refractivity contribution is -0.0164. The maximum atomic E-state index is 13.4. The van der Waals surface area contributed by atoms with Crippen LogP contribution in [0.2, 0.25) is 0 Å². The highest BCUT2D eigenvalue weighted by Crippen LogP contribution is 2.20. The molecule has 21 heavy (non-hydrogen) atoms. The first kappa shape index (κ1) is 17.9. The fraction of sp³-hybridized carbons (Fsp3) is 0.647. The number of hydrogen-bond donors (Lipinski definition) is 1. The summed E-state index contributed by atoms with van der Waals surface area (Å²) in [4.78, 5) is 0. The number of halogens is 1. The quantitative estimate of drug-likeness (QED) is 0.741. The third-order valence-corrected chi connectivity index (χ3v) is 2.77. The number of nitrogens with one attached hydrogen (secondary N) is 1. The van der Waals surface area contributed by atoms with Crippen molar-refractivity contribution in [3.8, 4) is 5.75 Å². The molecule has 0 saturated carbocycles. The SMILES string of the molecule is CC(C)CNCc1cc(F)ccc1OCCOC(C)(C)C. The predicted molar refractivity (Wildman–Crippen MR) is 84.1 cm³/mol. The van der Waals surface area contributed by atoms with Crippen molar-refractivity contribution in [1.29, 1.82) is 0 Å². The van der Waals surface area contributed by atoms with Crippen LogP contribution >= 0.6 is 0 Å². The van der Waals surface area contributed by atoms with Gasteiger partial charge in [0.1, 0.15) is 18.2 Å². The largest absolute Gasteiger partial charge is 0.491 e. The molecule has 0 aliphatic carbocycles. The Morgan fingerprint density at radius 3 is 2.52 bits per heavy atom. The molecule has 0 unspecified atom stereocenters. The van der Waals surface area contributed by atoms with Crippen molar-refractivity contribution in [2.24, 2.45) is 5.92 Å². The standard InChI is InChI=1S/C17H28FNO2/c1-13(2)11-19-12-14-10-15(18)6-7-16(14)20-8-9-21-17(3,4)5/h6-7,10,13,19H,8-9,11-12H2,1-5H3. The minimum atomic E-state index is -0.241. The zero-order valence-corrected chi connectivity index (χ0v) is 13.8. The molecule has 1 N–H and O–H groups in total. The molecule has 0 atom stereocenters. The summed E-state index contributed by atoms with van der Waals surface area (Å²) in [5, 5.41) is 3.31. The van der Waals surface area contributed by atoms with Crippen LogP contribution in [0.5, 0.6) is 5.75 Å². The van der Waals surface area contributed by atoms with Gasteiger partial charge < -0.3 is 14.8 Å². The van der Waals surface area contributed by atoms with Crippen LogP contribution in [0, 0.1) is 11.7 Å². The Hall–Kier alpha value is -1.13. The van der Waals surface area contributed by atoms with Gasteiger partial charge in [0.15, 0.2) is 0 Å². The fourth-order valence-electron chi connectivity index (χ4n) is 1.82. The Morgan fingerprint density at radius 2 is 1.90 bits per heavy atom. The van der Waals surface area contributed by atoms with Gasteiger partial charge in [-0.25, -0.2) is 4.39 Å². The van der Waals surface area contributed by atoms with Crippen LogP contribution in [0.25, 0.3) is 0 Å². The van der Waals surface area contributed by atoms with E-state index < -0.39 is 0 Å². The van der Waals surface area contributed by atoms with Gasteiger partial charge in [0, 0.05) is 12.1 Å². The Bertz CT molecular complexity index is 427. The molecule has 0 spiro atoms. The highest BCUT2D eigenvalue weighted by molar-refractivity contribution is 5.33. The molecular formula is C17H28FNO2. The van der Waals surface area contributed by atoms with Gasteiger partial charge in [-0.3, -0.25) is 0 Å². The lowest BCUT2D eigenvalue weighted by Crippen LogP contribution is -2.23. The first-order chi connectivity index (χ1) is 9.78. The van der Waals surface area contributed by atoms with Gasteiger partial charge in [0.2, 0.25) is 0 Å². The fourth-order valence-corrected chi connectivity index (χ4v) is 1.82. The molecule has 0 aliphatic heterocycles. The van der Waals surface area contributed by atoms with Crippen molar-refractivity contribution in [3.63, 3.8) is 0 Å². The van der Waals surface area contributed by atoms with E-state index in [0.717, 1.165) is 12.1 Å². The van der Waals surface area contributed by atoms with E-state index >= 15 is 0 Å². The van der Waals surface area contributed by atoms with Crippen LogP contribution in [0.3, 0.4) is 0 Å². The lowest BCUT2D eigenvalue weighted by atomic mass is 10.1. The molecule has 0 saturated heterocycles. The van der Waals surface area contributed by atoms with E-state index in [1.165, 1.54) is 12.1 Å². The number of benzene rings is 1. The van der Waals surface area contributed by atoms with Gasteiger partial charge >= 0.3 is 0 Å². The Kier molecular flexibility index (Phi) is 7.12. The van der Waals surface area contributed by atoms with Gasteiger partial charge in [-0.2, -0.15) is 0 Å². The molecule has 1 rings (SSSR count). The van der Waals surface area contributed by atoms with Crippen molar-refractivity contribution in [2.45, 2.75) is 46.8 Å². The summed E-state index contributed by atoms with van der Waals surface area (Å²) in [5.41, 5.74) is 0.666. The summed E-state index contributed by atoms with van der Waals surface area (Å²) in [6, 6.07) is 4.62.